The Hall–Kier alpha value is -2.00. The normalized spacial score (nSPS) is 11.6. The van der Waals surface area contributed by atoms with E-state index in [1.54, 1.807) is 17.0 Å². The quantitative estimate of drug-likeness (QED) is 0.419. The first kappa shape index (κ1) is 27.2. The van der Waals surface area contributed by atoms with Crippen molar-refractivity contribution in [1.29, 1.82) is 0 Å². The second-order valence-corrected chi connectivity index (χ2v) is 11.0. The number of benzene rings is 2. The highest BCUT2D eigenvalue weighted by Crippen LogP contribution is 2.33. The van der Waals surface area contributed by atoms with Crippen molar-refractivity contribution >= 4 is 54.8 Å². The fourth-order valence-corrected chi connectivity index (χ4v) is 5.67. The molecule has 0 saturated carbocycles. The largest absolute Gasteiger partial charge is 0.302 e. The maximum atomic E-state index is 13.5. The van der Waals surface area contributed by atoms with Crippen LogP contribution in [0.3, 0.4) is 0 Å². The molecule has 0 unspecified atom stereocenters. The molecule has 1 aromatic heterocycles. The molecule has 0 fully saturated rings. The molecule has 0 aliphatic carbocycles. The number of thiazole rings is 1. The van der Waals surface area contributed by atoms with Gasteiger partial charge in [-0.15, -0.1) is 12.4 Å². The van der Waals surface area contributed by atoms with Crippen LogP contribution in [0.15, 0.2) is 41.3 Å². The van der Waals surface area contributed by atoms with E-state index >= 15 is 0 Å². The Bertz CT molecular complexity index is 1220. The fraction of sp³-hybridized carbons (Fsp3) is 0.417. The molecule has 1 amide bonds. The van der Waals surface area contributed by atoms with Crippen molar-refractivity contribution in [2.75, 3.05) is 37.3 Å². The highest BCUT2D eigenvalue weighted by atomic mass is 35.5. The van der Waals surface area contributed by atoms with Crippen LogP contribution in [0.5, 0.6) is 0 Å². The number of halogens is 1. The molecule has 0 bridgehead atoms. The van der Waals surface area contributed by atoms with Gasteiger partial charge < -0.3 is 4.90 Å². The van der Waals surface area contributed by atoms with Crippen molar-refractivity contribution in [2.45, 2.75) is 39.0 Å². The summed E-state index contributed by atoms with van der Waals surface area (Å²) < 4.78 is 25.2. The van der Waals surface area contributed by atoms with Crippen molar-refractivity contribution < 1.29 is 13.2 Å². The van der Waals surface area contributed by atoms with Gasteiger partial charge in [-0.05, 0) is 50.2 Å². The number of anilines is 1. The number of carbonyl (C=O) groups is 1. The van der Waals surface area contributed by atoms with Gasteiger partial charge in [-0.3, -0.25) is 9.69 Å². The maximum absolute atomic E-state index is 13.5. The van der Waals surface area contributed by atoms with E-state index in [2.05, 4.69) is 29.8 Å². The summed E-state index contributed by atoms with van der Waals surface area (Å²) in [6, 6.07) is 11.2. The highest BCUT2D eigenvalue weighted by molar-refractivity contribution is 7.91. The van der Waals surface area contributed by atoms with Crippen LogP contribution in [-0.2, 0) is 21.1 Å². The Morgan fingerprint density at radius 1 is 1.06 bits per heavy atom. The van der Waals surface area contributed by atoms with E-state index < -0.39 is 9.84 Å². The zero-order valence-corrected chi connectivity index (χ0v) is 22.2. The Labute approximate surface area is 207 Å². The average Bonchev–Trinajstić information content (AvgIpc) is 3.16. The van der Waals surface area contributed by atoms with Crippen LogP contribution in [0, 0.1) is 13.8 Å². The molecule has 0 spiro atoms. The minimum absolute atomic E-state index is 0. The van der Waals surface area contributed by atoms with Crippen molar-refractivity contribution in [3.63, 3.8) is 0 Å². The molecule has 33 heavy (non-hydrogen) atoms. The zero-order chi connectivity index (χ0) is 23.5. The monoisotopic (exact) mass is 509 g/mol. The van der Waals surface area contributed by atoms with E-state index in [9.17, 15) is 13.2 Å². The first-order chi connectivity index (χ1) is 15.1. The first-order valence-corrected chi connectivity index (χ1v) is 13.5. The molecule has 0 aliphatic heterocycles. The fourth-order valence-electron chi connectivity index (χ4n) is 3.74. The van der Waals surface area contributed by atoms with Crippen LogP contribution >= 0.6 is 23.7 Å². The number of rotatable bonds is 9. The topological polar surface area (TPSA) is 70.6 Å². The number of likely N-dealkylation sites (N-methyl/N-ethyl adjacent to an activating group) is 1. The summed E-state index contributed by atoms with van der Waals surface area (Å²) in [5, 5.41) is 0.540. The summed E-state index contributed by atoms with van der Waals surface area (Å²) >= 11 is 1.36. The Balaban J connectivity index is 0.00000385. The zero-order valence-electron chi connectivity index (χ0n) is 19.8. The number of fused-ring (bicyclic) bond motifs is 1. The third-order valence-electron chi connectivity index (χ3n) is 5.68. The van der Waals surface area contributed by atoms with Crippen molar-refractivity contribution in [1.82, 2.24) is 9.88 Å². The molecule has 1 heterocycles. The van der Waals surface area contributed by atoms with Gasteiger partial charge in [0.15, 0.2) is 15.0 Å². The number of amides is 1. The van der Waals surface area contributed by atoms with Crippen LogP contribution in [0.25, 0.3) is 10.2 Å². The third-order valence-corrected chi connectivity index (χ3v) is 7.85. The van der Waals surface area contributed by atoms with E-state index in [1.165, 1.54) is 17.6 Å². The molecule has 3 rings (SSSR count). The van der Waals surface area contributed by atoms with Crippen LogP contribution in [0.2, 0.25) is 0 Å². The molecule has 180 valence electrons. The second-order valence-electron chi connectivity index (χ2n) is 8.05. The number of aryl methyl sites for hydroxylation is 2. The van der Waals surface area contributed by atoms with Gasteiger partial charge in [-0.2, -0.15) is 0 Å². The Morgan fingerprint density at radius 2 is 1.76 bits per heavy atom. The number of sulfone groups is 1. The van der Waals surface area contributed by atoms with Gasteiger partial charge in [0.05, 0.1) is 16.0 Å². The van der Waals surface area contributed by atoms with Crippen molar-refractivity contribution in [2.24, 2.45) is 0 Å². The minimum Gasteiger partial charge on any atom is -0.302 e. The number of aromatic nitrogens is 1. The lowest BCUT2D eigenvalue weighted by Crippen LogP contribution is -2.39. The van der Waals surface area contributed by atoms with Crippen molar-refractivity contribution in [3.8, 4) is 0 Å². The minimum atomic E-state index is -3.42. The van der Waals surface area contributed by atoms with E-state index in [-0.39, 0.29) is 29.6 Å². The summed E-state index contributed by atoms with van der Waals surface area (Å²) in [6.07, 6.45) is 1.46. The van der Waals surface area contributed by atoms with Gasteiger partial charge in [-0.25, -0.2) is 13.4 Å². The molecule has 0 saturated heterocycles. The number of hydrogen-bond acceptors (Lipinski definition) is 6. The van der Waals surface area contributed by atoms with E-state index in [0.717, 1.165) is 41.0 Å². The number of carbonyl (C=O) groups excluding carboxylic acids is 1. The molecular weight excluding hydrogens is 478 g/mol. The summed E-state index contributed by atoms with van der Waals surface area (Å²) in [5.41, 5.74) is 3.68. The van der Waals surface area contributed by atoms with Crippen molar-refractivity contribution in [3.05, 3.63) is 53.1 Å². The van der Waals surface area contributed by atoms with Gasteiger partial charge in [0, 0.05) is 19.3 Å². The average molecular weight is 510 g/mol. The molecule has 6 nitrogen and oxygen atoms in total. The van der Waals surface area contributed by atoms with Crippen LogP contribution in [0.4, 0.5) is 5.13 Å². The molecular formula is C24H32ClN3O3S2. The predicted octanol–water partition coefficient (Wildman–Crippen LogP) is 4.66. The smallest absolute Gasteiger partial charge is 0.233 e. The van der Waals surface area contributed by atoms with Gasteiger partial charge in [0.1, 0.15) is 5.52 Å². The summed E-state index contributed by atoms with van der Waals surface area (Å²) in [6.45, 7) is 11.3. The number of nitrogens with zero attached hydrogens (tertiary/aromatic N) is 3. The molecule has 2 aromatic carbocycles. The van der Waals surface area contributed by atoms with E-state index in [4.69, 9.17) is 0 Å². The van der Waals surface area contributed by atoms with E-state index in [0.29, 0.717) is 17.2 Å². The summed E-state index contributed by atoms with van der Waals surface area (Å²) in [5.74, 6) is -0.0379. The van der Waals surface area contributed by atoms with Crippen LogP contribution in [0.1, 0.15) is 30.5 Å². The molecule has 0 atom stereocenters. The standard InChI is InChI=1S/C24H31N3O3S2.ClH/c1-6-26(7-2)13-14-27(22(28)16-19-12-11-17(3)15-18(19)4)24-25-23-20(31-24)9-8-10-21(23)32(5,29)30;/h8-12,15H,6-7,13-14,16H2,1-5H3;1H. The third kappa shape index (κ3) is 6.53. The maximum Gasteiger partial charge on any atom is 0.233 e. The molecule has 3 aromatic rings. The SMILES string of the molecule is CCN(CC)CCN(C(=O)Cc1ccc(C)cc1C)c1nc2c(S(C)(=O)=O)cccc2s1.Cl. The predicted molar refractivity (Wildman–Crippen MR) is 140 cm³/mol. The Kier molecular flexibility index (Phi) is 9.43. The van der Waals surface area contributed by atoms with Gasteiger partial charge in [-0.1, -0.05) is 55.0 Å². The van der Waals surface area contributed by atoms with E-state index in [1.807, 2.05) is 32.0 Å². The summed E-state index contributed by atoms with van der Waals surface area (Å²) in [4.78, 5) is 22.3. The molecule has 0 aliphatic rings. The number of hydrogen-bond donors (Lipinski definition) is 0. The highest BCUT2D eigenvalue weighted by Gasteiger charge is 2.23. The summed E-state index contributed by atoms with van der Waals surface area (Å²) in [7, 11) is -3.42. The second kappa shape index (κ2) is 11.4. The van der Waals surface area contributed by atoms with Crippen LogP contribution in [-0.4, -0.2) is 56.6 Å². The lowest BCUT2D eigenvalue weighted by molar-refractivity contribution is -0.118. The molecule has 9 heteroatoms. The molecule has 0 N–H and O–H groups in total. The van der Waals surface area contributed by atoms with Gasteiger partial charge in [0.2, 0.25) is 5.91 Å². The Morgan fingerprint density at radius 3 is 2.36 bits per heavy atom. The van der Waals surface area contributed by atoms with Gasteiger partial charge >= 0.3 is 0 Å². The lowest BCUT2D eigenvalue weighted by Gasteiger charge is -2.25. The number of para-hydroxylation sites is 1. The lowest BCUT2D eigenvalue weighted by atomic mass is 10.0. The molecule has 0 radical (unpaired) electrons. The first-order valence-electron chi connectivity index (χ1n) is 10.8. The van der Waals surface area contributed by atoms with Gasteiger partial charge in [0.25, 0.3) is 0 Å². The van der Waals surface area contributed by atoms with Crippen LogP contribution < -0.4 is 4.90 Å².